The number of hydrogen-bond acceptors (Lipinski definition) is 7. The van der Waals surface area contributed by atoms with Crippen LogP contribution in [-0.4, -0.2) is 54.8 Å². The molecule has 9 heteroatoms. The average molecular weight is 479 g/mol. The van der Waals surface area contributed by atoms with Gasteiger partial charge in [-0.1, -0.05) is 23.7 Å². The number of benzene rings is 2. The Hall–Kier alpha value is -3.36. The molecule has 3 N–H and O–H groups in total. The number of nitrogens with zero attached hydrogens (tertiary/aromatic N) is 4. The number of carbonyl (C=O) groups is 1. The number of ether oxygens (including phenoxy) is 1. The number of anilines is 4. The Morgan fingerprint density at radius 2 is 1.74 bits per heavy atom. The lowest BCUT2D eigenvalue weighted by Gasteiger charge is -2.28. The second-order valence-electron chi connectivity index (χ2n) is 8.46. The van der Waals surface area contributed by atoms with Gasteiger partial charge in [-0.15, -0.1) is 0 Å². The van der Waals surface area contributed by atoms with Crippen LogP contribution in [0.15, 0.2) is 54.7 Å². The van der Waals surface area contributed by atoms with Gasteiger partial charge >= 0.3 is 0 Å². The van der Waals surface area contributed by atoms with Gasteiger partial charge in [0.1, 0.15) is 6.04 Å². The Morgan fingerprint density at radius 1 is 1.03 bits per heavy atom. The van der Waals surface area contributed by atoms with Crippen molar-refractivity contribution in [3.8, 4) is 11.3 Å². The van der Waals surface area contributed by atoms with Crippen LogP contribution in [0.4, 0.5) is 23.0 Å². The summed E-state index contributed by atoms with van der Waals surface area (Å²) in [6.07, 6.45) is 3.35. The first-order valence-corrected chi connectivity index (χ1v) is 11.8. The fourth-order valence-corrected chi connectivity index (χ4v) is 4.72. The zero-order valence-electron chi connectivity index (χ0n) is 18.8. The molecular weight excluding hydrogens is 452 g/mol. The van der Waals surface area contributed by atoms with E-state index in [1.165, 1.54) is 5.69 Å². The Kier molecular flexibility index (Phi) is 6.51. The molecule has 1 atom stereocenters. The van der Waals surface area contributed by atoms with Crippen molar-refractivity contribution >= 4 is 40.5 Å². The minimum absolute atomic E-state index is 0.251. The summed E-state index contributed by atoms with van der Waals surface area (Å²) >= 11 is 6.43. The number of nitrogens with one attached hydrogen (secondary N) is 1. The zero-order chi connectivity index (χ0) is 23.5. The smallest absolute Gasteiger partial charge is 0.240 e. The summed E-state index contributed by atoms with van der Waals surface area (Å²) in [4.78, 5) is 25.1. The van der Waals surface area contributed by atoms with E-state index in [2.05, 4.69) is 37.2 Å². The fraction of sp³-hybridized carbons (Fsp3) is 0.320. The number of hydrogen-bond donors (Lipinski definition) is 2. The third-order valence-electron chi connectivity index (χ3n) is 6.30. The molecule has 2 aliphatic rings. The van der Waals surface area contributed by atoms with Gasteiger partial charge in [0.15, 0.2) is 0 Å². The predicted octanol–water partition coefficient (Wildman–Crippen LogP) is 3.83. The van der Waals surface area contributed by atoms with Crippen molar-refractivity contribution < 1.29 is 9.53 Å². The van der Waals surface area contributed by atoms with Crippen LogP contribution in [0.2, 0.25) is 5.02 Å². The summed E-state index contributed by atoms with van der Waals surface area (Å²) in [5, 5.41) is 3.73. The molecule has 3 heterocycles. The SMILES string of the molecule is NC(=O)[C@H]1CCCN1c1ccc(-c2nc(Nc3ccc(N4CCOCC4)cc3)ncc2Cl)cc1. The van der Waals surface area contributed by atoms with E-state index in [0.717, 1.165) is 62.6 Å². The number of carbonyl (C=O) groups excluding carboxylic acids is 1. The molecule has 0 unspecified atom stereocenters. The average Bonchev–Trinajstić information content (AvgIpc) is 3.37. The topological polar surface area (TPSA) is 96.6 Å². The second kappa shape index (κ2) is 9.87. The van der Waals surface area contributed by atoms with Crippen LogP contribution in [0, 0.1) is 0 Å². The largest absolute Gasteiger partial charge is 0.378 e. The molecule has 2 fully saturated rings. The van der Waals surface area contributed by atoms with Gasteiger partial charge in [-0.05, 0) is 49.2 Å². The van der Waals surface area contributed by atoms with Crippen LogP contribution >= 0.6 is 11.6 Å². The highest BCUT2D eigenvalue weighted by molar-refractivity contribution is 6.32. The summed E-state index contributed by atoms with van der Waals surface area (Å²) in [5.74, 6) is 0.185. The van der Waals surface area contributed by atoms with E-state index in [1.807, 2.05) is 36.4 Å². The molecule has 3 aromatic rings. The maximum absolute atomic E-state index is 11.7. The normalized spacial score (nSPS) is 18.2. The Balaban J connectivity index is 1.31. The van der Waals surface area contributed by atoms with Crippen molar-refractivity contribution in [2.75, 3.05) is 48.0 Å². The fourth-order valence-electron chi connectivity index (χ4n) is 4.52. The van der Waals surface area contributed by atoms with E-state index in [9.17, 15) is 4.79 Å². The molecule has 0 radical (unpaired) electrons. The van der Waals surface area contributed by atoms with Crippen molar-refractivity contribution in [1.29, 1.82) is 0 Å². The lowest BCUT2D eigenvalue weighted by atomic mass is 10.1. The number of halogens is 1. The first-order valence-electron chi connectivity index (χ1n) is 11.5. The molecule has 8 nitrogen and oxygen atoms in total. The number of primary amides is 1. The van der Waals surface area contributed by atoms with E-state index in [1.54, 1.807) is 6.20 Å². The molecule has 0 aliphatic carbocycles. The molecular formula is C25H27ClN6O2. The van der Waals surface area contributed by atoms with Gasteiger partial charge in [0.25, 0.3) is 0 Å². The molecule has 2 aliphatic heterocycles. The van der Waals surface area contributed by atoms with Gasteiger partial charge in [-0.3, -0.25) is 4.79 Å². The maximum atomic E-state index is 11.7. The van der Waals surface area contributed by atoms with Gasteiger partial charge in [0.2, 0.25) is 11.9 Å². The number of morpholine rings is 1. The van der Waals surface area contributed by atoms with Gasteiger partial charge in [0, 0.05) is 42.3 Å². The van der Waals surface area contributed by atoms with Crippen molar-refractivity contribution in [3.63, 3.8) is 0 Å². The Labute approximate surface area is 203 Å². The van der Waals surface area contributed by atoms with Crippen molar-refractivity contribution in [1.82, 2.24) is 9.97 Å². The highest BCUT2D eigenvalue weighted by Gasteiger charge is 2.29. The molecule has 1 aromatic heterocycles. The monoisotopic (exact) mass is 478 g/mol. The standard InChI is InChI=1S/C25H27ClN6O2/c26-21-16-28-25(29-18-5-9-19(10-6-18)31-12-14-34-15-13-31)30-23(21)17-3-7-20(8-4-17)32-11-1-2-22(32)24(27)33/h3-10,16,22H,1-2,11-15H2,(H2,27,33)(H,28,29,30)/t22-/m1/s1. The minimum Gasteiger partial charge on any atom is -0.378 e. The molecule has 0 spiro atoms. The maximum Gasteiger partial charge on any atom is 0.240 e. The number of aromatic nitrogens is 2. The van der Waals surface area contributed by atoms with Crippen LogP contribution in [0.5, 0.6) is 0 Å². The van der Waals surface area contributed by atoms with Crippen molar-refractivity contribution in [2.45, 2.75) is 18.9 Å². The lowest BCUT2D eigenvalue weighted by molar-refractivity contribution is -0.119. The van der Waals surface area contributed by atoms with Gasteiger partial charge in [0.05, 0.1) is 30.1 Å². The first-order chi connectivity index (χ1) is 16.6. The van der Waals surface area contributed by atoms with E-state index < -0.39 is 0 Å². The Bertz CT molecular complexity index is 1150. The van der Waals surface area contributed by atoms with Crippen LogP contribution in [0.3, 0.4) is 0 Å². The first kappa shape index (κ1) is 22.4. The number of amides is 1. The molecule has 2 saturated heterocycles. The van der Waals surface area contributed by atoms with Crippen LogP contribution in [0.1, 0.15) is 12.8 Å². The van der Waals surface area contributed by atoms with Gasteiger partial charge < -0.3 is 25.6 Å². The third-order valence-corrected chi connectivity index (χ3v) is 6.57. The summed E-state index contributed by atoms with van der Waals surface area (Å²) in [5.41, 5.74) is 10.1. The Morgan fingerprint density at radius 3 is 2.44 bits per heavy atom. The summed E-state index contributed by atoms with van der Waals surface area (Å²) in [6.45, 7) is 4.13. The highest BCUT2D eigenvalue weighted by Crippen LogP contribution is 2.31. The third kappa shape index (κ3) is 4.78. The second-order valence-corrected chi connectivity index (χ2v) is 8.87. The summed E-state index contributed by atoms with van der Waals surface area (Å²) in [7, 11) is 0. The zero-order valence-corrected chi connectivity index (χ0v) is 19.5. The van der Waals surface area contributed by atoms with E-state index in [4.69, 9.17) is 22.1 Å². The lowest BCUT2D eigenvalue weighted by Crippen LogP contribution is -2.40. The summed E-state index contributed by atoms with van der Waals surface area (Å²) in [6, 6.07) is 15.8. The van der Waals surface area contributed by atoms with E-state index in [-0.39, 0.29) is 11.9 Å². The van der Waals surface area contributed by atoms with Crippen LogP contribution in [0.25, 0.3) is 11.3 Å². The van der Waals surface area contributed by atoms with Crippen molar-refractivity contribution in [2.24, 2.45) is 5.73 Å². The molecule has 0 saturated carbocycles. The van der Waals surface area contributed by atoms with Crippen LogP contribution in [-0.2, 0) is 9.53 Å². The van der Waals surface area contributed by atoms with E-state index in [0.29, 0.717) is 16.7 Å². The molecule has 2 aromatic carbocycles. The molecule has 0 bridgehead atoms. The predicted molar refractivity (Wildman–Crippen MR) is 135 cm³/mol. The quantitative estimate of drug-likeness (QED) is 0.555. The molecule has 1 amide bonds. The molecule has 34 heavy (non-hydrogen) atoms. The highest BCUT2D eigenvalue weighted by atomic mass is 35.5. The number of rotatable bonds is 6. The van der Waals surface area contributed by atoms with Crippen molar-refractivity contribution in [3.05, 3.63) is 59.8 Å². The van der Waals surface area contributed by atoms with Crippen LogP contribution < -0.4 is 20.9 Å². The van der Waals surface area contributed by atoms with Gasteiger partial charge in [-0.2, -0.15) is 0 Å². The summed E-state index contributed by atoms with van der Waals surface area (Å²) < 4.78 is 5.43. The minimum atomic E-state index is -0.283. The molecule has 5 rings (SSSR count). The number of nitrogens with two attached hydrogens (primary N) is 1. The molecule has 176 valence electrons. The van der Waals surface area contributed by atoms with E-state index >= 15 is 0 Å². The van der Waals surface area contributed by atoms with Gasteiger partial charge in [-0.25, -0.2) is 9.97 Å².